The summed E-state index contributed by atoms with van der Waals surface area (Å²) < 4.78 is 0. The largest absolute Gasteiger partial charge is 0.361 e. The van der Waals surface area contributed by atoms with Crippen molar-refractivity contribution in [3.05, 3.63) is 71.4 Å². The lowest BCUT2D eigenvalue weighted by atomic mass is 10.00. The predicted octanol–water partition coefficient (Wildman–Crippen LogP) is 3.64. The van der Waals surface area contributed by atoms with E-state index in [-0.39, 0.29) is 11.9 Å². The van der Waals surface area contributed by atoms with Gasteiger partial charge in [-0.3, -0.25) is 9.69 Å². The third kappa shape index (κ3) is 5.54. The molecule has 2 aromatic carbocycles. The molecule has 3 N–H and O–H groups in total. The molecule has 0 saturated heterocycles. The quantitative estimate of drug-likeness (QED) is 0.441. The topological polar surface area (TPSA) is 60.2 Å². The number of benzene rings is 2. The lowest BCUT2D eigenvalue weighted by Crippen LogP contribution is -2.48. The van der Waals surface area contributed by atoms with Crippen molar-refractivity contribution in [1.82, 2.24) is 20.5 Å². The molecule has 5 heteroatoms. The fourth-order valence-electron chi connectivity index (χ4n) is 4.44. The third-order valence-electron chi connectivity index (χ3n) is 6.27. The summed E-state index contributed by atoms with van der Waals surface area (Å²) in [5, 5.41) is 7.87. The molecule has 31 heavy (non-hydrogen) atoms. The Morgan fingerprint density at radius 3 is 2.77 bits per heavy atom. The lowest BCUT2D eigenvalue weighted by Gasteiger charge is -2.29. The number of H-pyrrole nitrogens is 1. The Kier molecular flexibility index (Phi) is 7.39. The smallest absolute Gasteiger partial charge is 0.237 e. The second-order valence-corrected chi connectivity index (χ2v) is 8.51. The van der Waals surface area contributed by atoms with Crippen molar-refractivity contribution in [3.8, 4) is 0 Å². The predicted molar refractivity (Wildman–Crippen MR) is 127 cm³/mol. The minimum absolute atomic E-state index is 0.0961. The van der Waals surface area contributed by atoms with Gasteiger partial charge in [0.05, 0.1) is 6.04 Å². The number of amides is 1. The van der Waals surface area contributed by atoms with Crippen LogP contribution in [0, 0.1) is 0 Å². The number of unbranched alkanes of at least 4 members (excludes halogenated alkanes) is 1. The first-order valence-electron chi connectivity index (χ1n) is 11.6. The molecule has 0 spiro atoms. The van der Waals surface area contributed by atoms with Crippen LogP contribution in [0.1, 0.15) is 36.5 Å². The molecule has 0 bridgehead atoms. The lowest BCUT2D eigenvalue weighted by molar-refractivity contribution is -0.123. The number of para-hydroxylation sites is 1. The van der Waals surface area contributed by atoms with Crippen LogP contribution in [0.5, 0.6) is 0 Å². The first kappa shape index (κ1) is 21.6. The van der Waals surface area contributed by atoms with Crippen LogP contribution in [-0.4, -0.2) is 48.0 Å². The number of aromatic amines is 1. The summed E-state index contributed by atoms with van der Waals surface area (Å²) in [6.07, 6.45) is 6.01. The van der Waals surface area contributed by atoms with E-state index in [1.807, 2.05) is 12.3 Å². The molecule has 0 saturated carbocycles. The van der Waals surface area contributed by atoms with Gasteiger partial charge in [0.15, 0.2) is 0 Å². The average molecular weight is 419 g/mol. The maximum Gasteiger partial charge on any atom is 0.237 e. The van der Waals surface area contributed by atoms with Crippen LogP contribution >= 0.6 is 0 Å². The molecule has 2 heterocycles. The Hall–Kier alpha value is -2.63. The monoisotopic (exact) mass is 418 g/mol. The van der Waals surface area contributed by atoms with Gasteiger partial charge >= 0.3 is 0 Å². The molecule has 5 nitrogen and oxygen atoms in total. The van der Waals surface area contributed by atoms with Crippen molar-refractivity contribution < 1.29 is 4.79 Å². The van der Waals surface area contributed by atoms with Gasteiger partial charge in [-0.2, -0.15) is 0 Å². The molecule has 0 aliphatic carbocycles. The summed E-state index contributed by atoms with van der Waals surface area (Å²) in [4.78, 5) is 18.8. The zero-order valence-electron chi connectivity index (χ0n) is 18.5. The van der Waals surface area contributed by atoms with E-state index >= 15 is 0 Å². The molecule has 0 fully saturated rings. The van der Waals surface area contributed by atoms with E-state index in [9.17, 15) is 4.79 Å². The molecular formula is C26H34N4O. The van der Waals surface area contributed by atoms with E-state index < -0.39 is 0 Å². The van der Waals surface area contributed by atoms with E-state index in [1.165, 1.54) is 22.1 Å². The molecule has 164 valence electrons. The first-order chi connectivity index (χ1) is 15.2. The minimum atomic E-state index is -0.215. The molecule has 0 radical (unpaired) electrons. The highest BCUT2D eigenvalue weighted by Gasteiger charge is 2.21. The van der Waals surface area contributed by atoms with Gasteiger partial charge in [-0.05, 0) is 48.6 Å². The number of nitrogens with zero attached hydrogens (tertiary/aromatic N) is 1. The van der Waals surface area contributed by atoms with Crippen LogP contribution < -0.4 is 10.6 Å². The SMILES string of the molecule is CCCCN[C@H](Cc1c[nH]c2ccccc12)C(=O)NCCN1CCc2ccccc2C1. The number of aromatic nitrogens is 1. The first-order valence-corrected chi connectivity index (χ1v) is 11.6. The molecule has 0 unspecified atom stereocenters. The Labute approximate surface area is 185 Å². The number of fused-ring (bicyclic) bond motifs is 2. The fraction of sp³-hybridized carbons (Fsp3) is 0.423. The van der Waals surface area contributed by atoms with Crippen LogP contribution in [0.15, 0.2) is 54.7 Å². The van der Waals surface area contributed by atoms with Crippen molar-refractivity contribution in [2.45, 2.75) is 45.2 Å². The van der Waals surface area contributed by atoms with Crippen molar-refractivity contribution in [2.24, 2.45) is 0 Å². The normalized spacial score (nSPS) is 15.0. The van der Waals surface area contributed by atoms with Crippen molar-refractivity contribution in [3.63, 3.8) is 0 Å². The van der Waals surface area contributed by atoms with Crippen LogP contribution in [0.3, 0.4) is 0 Å². The molecule has 3 aromatic rings. The second kappa shape index (κ2) is 10.6. The highest BCUT2D eigenvalue weighted by Crippen LogP contribution is 2.20. The number of hydrogen-bond acceptors (Lipinski definition) is 3. The molecular weight excluding hydrogens is 384 g/mol. The van der Waals surface area contributed by atoms with E-state index in [0.717, 1.165) is 51.0 Å². The standard InChI is InChI=1S/C26H34N4O/c1-2-3-13-27-25(17-22-18-29-24-11-7-6-10-23(22)24)26(31)28-14-16-30-15-12-20-8-4-5-9-21(20)19-30/h4-11,18,25,27,29H,2-3,12-17,19H2,1H3,(H,28,31)/t25-/m1/s1. The molecule has 1 aromatic heterocycles. The van der Waals surface area contributed by atoms with E-state index in [4.69, 9.17) is 0 Å². The van der Waals surface area contributed by atoms with Crippen molar-refractivity contribution in [1.29, 1.82) is 0 Å². The Bertz CT molecular complexity index is 996. The highest BCUT2D eigenvalue weighted by molar-refractivity contribution is 5.86. The molecule has 1 aliphatic heterocycles. The molecule has 1 amide bonds. The summed E-state index contributed by atoms with van der Waals surface area (Å²) in [7, 11) is 0. The van der Waals surface area contributed by atoms with Gasteiger partial charge in [0.1, 0.15) is 0 Å². The van der Waals surface area contributed by atoms with Crippen LogP contribution in [0.2, 0.25) is 0 Å². The van der Waals surface area contributed by atoms with Crippen LogP contribution in [0.4, 0.5) is 0 Å². The van der Waals surface area contributed by atoms with Gasteiger partial charge in [0, 0.05) is 43.3 Å². The molecule has 1 aliphatic rings. The number of hydrogen-bond donors (Lipinski definition) is 3. The summed E-state index contributed by atoms with van der Waals surface area (Å²) in [6, 6.07) is 16.7. The van der Waals surface area contributed by atoms with Gasteiger partial charge in [0.2, 0.25) is 5.91 Å². The Morgan fingerprint density at radius 2 is 1.90 bits per heavy atom. The summed E-state index contributed by atoms with van der Waals surface area (Å²) >= 11 is 0. The van der Waals surface area contributed by atoms with Gasteiger partial charge < -0.3 is 15.6 Å². The van der Waals surface area contributed by atoms with Gasteiger partial charge in [-0.25, -0.2) is 0 Å². The van der Waals surface area contributed by atoms with Gasteiger partial charge in [0.25, 0.3) is 0 Å². The Morgan fingerprint density at radius 1 is 1.10 bits per heavy atom. The molecule has 4 rings (SSSR count). The van der Waals surface area contributed by atoms with E-state index in [1.54, 1.807) is 0 Å². The summed E-state index contributed by atoms with van der Waals surface area (Å²) in [5.41, 5.74) is 5.18. The fourth-order valence-corrected chi connectivity index (χ4v) is 4.44. The average Bonchev–Trinajstić information content (AvgIpc) is 3.21. The minimum Gasteiger partial charge on any atom is -0.361 e. The second-order valence-electron chi connectivity index (χ2n) is 8.51. The van der Waals surface area contributed by atoms with Crippen molar-refractivity contribution in [2.75, 3.05) is 26.2 Å². The zero-order chi connectivity index (χ0) is 21.5. The zero-order valence-corrected chi connectivity index (χ0v) is 18.5. The van der Waals surface area contributed by atoms with E-state index in [0.29, 0.717) is 13.0 Å². The van der Waals surface area contributed by atoms with Crippen molar-refractivity contribution >= 4 is 16.8 Å². The van der Waals surface area contributed by atoms with Crippen LogP contribution in [-0.2, 0) is 24.2 Å². The Balaban J connectivity index is 1.32. The summed E-state index contributed by atoms with van der Waals surface area (Å²) in [5.74, 6) is 0.0961. The van der Waals surface area contributed by atoms with Crippen LogP contribution in [0.25, 0.3) is 10.9 Å². The van der Waals surface area contributed by atoms with E-state index in [2.05, 4.69) is 69.9 Å². The number of rotatable bonds is 10. The number of carbonyl (C=O) groups is 1. The third-order valence-corrected chi connectivity index (χ3v) is 6.27. The maximum absolute atomic E-state index is 13.0. The number of nitrogens with one attached hydrogen (secondary N) is 3. The van der Waals surface area contributed by atoms with Gasteiger partial charge in [-0.15, -0.1) is 0 Å². The molecule has 1 atom stereocenters. The maximum atomic E-state index is 13.0. The number of carbonyl (C=O) groups excluding carboxylic acids is 1. The summed E-state index contributed by atoms with van der Waals surface area (Å²) in [6.45, 7) is 6.63. The highest BCUT2D eigenvalue weighted by atomic mass is 16.2. The van der Waals surface area contributed by atoms with Gasteiger partial charge in [-0.1, -0.05) is 55.8 Å².